The Morgan fingerprint density at radius 3 is 2.44 bits per heavy atom. The fourth-order valence-electron chi connectivity index (χ4n) is 1.58. The van der Waals surface area contributed by atoms with E-state index in [0.29, 0.717) is 5.56 Å². The van der Waals surface area contributed by atoms with Crippen LogP contribution >= 0.6 is 0 Å². The summed E-state index contributed by atoms with van der Waals surface area (Å²) >= 11 is 0. The van der Waals surface area contributed by atoms with Crippen molar-refractivity contribution in [3.05, 3.63) is 29.6 Å². The molecule has 0 amide bonds. The summed E-state index contributed by atoms with van der Waals surface area (Å²) in [6, 6.07) is 3.85. The second-order valence-corrected chi connectivity index (χ2v) is 6.45. The molecule has 0 saturated heterocycles. The number of anilines is 1. The van der Waals surface area contributed by atoms with E-state index in [9.17, 15) is 12.8 Å². The number of benzene rings is 1. The van der Waals surface area contributed by atoms with Crippen LogP contribution in [0.25, 0.3) is 0 Å². The first kappa shape index (κ1) is 13.0. The van der Waals surface area contributed by atoms with Gasteiger partial charge in [0.1, 0.15) is 5.82 Å². The maximum absolute atomic E-state index is 13.0. The highest BCUT2D eigenvalue weighted by atomic mass is 32.2. The lowest BCUT2D eigenvalue weighted by Crippen LogP contribution is -2.14. The van der Waals surface area contributed by atoms with Gasteiger partial charge < -0.3 is 5.73 Å². The molecule has 0 aliphatic rings. The van der Waals surface area contributed by atoms with Gasteiger partial charge in [0.15, 0.2) is 9.84 Å². The molecule has 0 saturated carbocycles. The van der Waals surface area contributed by atoms with Crippen molar-refractivity contribution in [3.8, 4) is 0 Å². The van der Waals surface area contributed by atoms with Crippen LogP contribution in [0.15, 0.2) is 18.2 Å². The Labute approximate surface area is 95.4 Å². The molecule has 0 heterocycles. The van der Waals surface area contributed by atoms with Gasteiger partial charge in [0, 0.05) is 5.69 Å². The Balaban J connectivity index is 2.88. The zero-order valence-corrected chi connectivity index (χ0v) is 10.2. The minimum Gasteiger partial charge on any atom is -0.399 e. The molecule has 0 spiro atoms. The Morgan fingerprint density at radius 2 is 1.94 bits per heavy atom. The maximum Gasteiger partial charge on any atom is 0.154 e. The highest BCUT2D eigenvalue weighted by Crippen LogP contribution is 2.15. The number of hydrogen-bond acceptors (Lipinski definition) is 3. The van der Waals surface area contributed by atoms with Crippen molar-refractivity contribution < 1.29 is 12.8 Å². The molecule has 0 fully saturated rings. The Hall–Kier alpha value is -1.10. The van der Waals surface area contributed by atoms with Gasteiger partial charge in [0.25, 0.3) is 0 Å². The summed E-state index contributed by atoms with van der Waals surface area (Å²) < 4.78 is 36.3. The number of hydrogen-bond donors (Lipinski definition) is 1. The van der Waals surface area contributed by atoms with E-state index < -0.39 is 15.7 Å². The highest BCUT2D eigenvalue weighted by Gasteiger charge is 2.14. The molecule has 0 radical (unpaired) electrons. The molecule has 1 aromatic carbocycles. The van der Waals surface area contributed by atoms with Gasteiger partial charge >= 0.3 is 0 Å². The zero-order valence-electron chi connectivity index (χ0n) is 9.40. The standard InChI is InChI=1S/C11H16FNO2S/c1-8(2)6-16(14,15)7-9-3-10(12)5-11(13)4-9/h3-5,8H,6-7,13H2,1-2H3. The lowest BCUT2D eigenvalue weighted by Gasteiger charge is -2.07. The average Bonchev–Trinajstić information content (AvgIpc) is 1.95. The predicted octanol–water partition coefficient (Wildman–Crippen LogP) is 1.98. The molecule has 1 aromatic rings. The van der Waals surface area contributed by atoms with Crippen LogP contribution in [-0.4, -0.2) is 14.2 Å². The summed E-state index contributed by atoms with van der Waals surface area (Å²) in [5.74, 6) is -0.498. The largest absolute Gasteiger partial charge is 0.399 e. The molecule has 16 heavy (non-hydrogen) atoms. The molecule has 0 aromatic heterocycles. The molecule has 2 N–H and O–H groups in total. The fourth-order valence-corrected chi connectivity index (χ4v) is 3.39. The SMILES string of the molecule is CC(C)CS(=O)(=O)Cc1cc(N)cc(F)c1. The third-order valence-electron chi connectivity index (χ3n) is 1.95. The fraction of sp³-hybridized carbons (Fsp3) is 0.455. The molecule has 0 bridgehead atoms. The number of nitrogen functional groups attached to an aromatic ring is 1. The van der Waals surface area contributed by atoms with Crippen molar-refractivity contribution >= 4 is 15.5 Å². The molecule has 0 atom stereocenters. The van der Waals surface area contributed by atoms with Crippen LogP contribution in [0.4, 0.5) is 10.1 Å². The number of halogens is 1. The van der Waals surface area contributed by atoms with E-state index in [1.165, 1.54) is 18.2 Å². The first-order chi connectivity index (χ1) is 7.28. The average molecular weight is 245 g/mol. The van der Waals surface area contributed by atoms with E-state index in [1.54, 1.807) is 0 Å². The molecule has 5 heteroatoms. The quantitative estimate of drug-likeness (QED) is 0.825. The monoisotopic (exact) mass is 245 g/mol. The molecule has 0 unspecified atom stereocenters. The lowest BCUT2D eigenvalue weighted by atomic mass is 10.2. The van der Waals surface area contributed by atoms with Crippen LogP contribution in [0.2, 0.25) is 0 Å². The van der Waals surface area contributed by atoms with E-state index in [0.717, 1.165) is 0 Å². The Kier molecular flexibility index (Phi) is 3.91. The van der Waals surface area contributed by atoms with E-state index in [4.69, 9.17) is 5.73 Å². The first-order valence-corrected chi connectivity index (χ1v) is 6.86. The van der Waals surface area contributed by atoms with Crippen molar-refractivity contribution in [2.75, 3.05) is 11.5 Å². The lowest BCUT2D eigenvalue weighted by molar-refractivity contribution is 0.581. The van der Waals surface area contributed by atoms with Gasteiger partial charge in [-0.05, 0) is 29.7 Å². The van der Waals surface area contributed by atoms with Gasteiger partial charge in [-0.1, -0.05) is 13.8 Å². The molecule has 90 valence electrons. The molecular formula is C11H16FNO2S. The Bertz CT molecular complexity index is 449. The van der Waals surface area contributed by atoms with Gasteiger partial charge in [-0.15, -0.1) is 0 Å². The number of rotatable bonds is 4. The topological polar surface area (TPSA) is 60.2 Å². The van der Waals surface area contributed by atoms with E-state index >= 15 is 0 Å². The van der Waals surface area contributed by atoms with Crippen LogP contribution < -0.4 is 5.73 Å². The molecule has 0 aliphatic heterocycles. The van der Waals surface area contributed by atoms with Gasteiger partial charge in [-0.25, -0.2) is 12.8 Å². The van der Waals surface area contributed by atoms with Crippen molar-refractivity contribution in [1.82, 2.24) is 0 Å². The first-order valence-electron chi connectivity index (χ1n) is 5.04. The second-order valence-electron chi connectivity index (χ2n) is 4.34. The van der Waals surface area contributed by atoms with E-state index in [1.807, 2.05) is 13.8 Å². The molecule has 1 rings (SSSR count). The van der Waals surface area contributed by atoms with E-state index in [-0.39, 0.29) is 23.1 Å². The van der Waals surface area contributed by atoms with Crippen molar-refractivity contribution in [3.63, 3.8) is 0 Å². The minimum atomic E-state index is -3.19. The highest BCUT2D eigenvalue weighted by molar-refractivity contribution is 7.90. The molecule has 0 aliphatic carbocycles. The molecular weight excluding hydrogens is 229 g/mol. The summed E-state index contributed by atoms with van der Waals surface area (Å²) in [6.45, 7) is 3.66. The van der Waals surface area contributed by atoms with E-state index in [2.05, 4.69) is 0 Å². The van der Waals surface area contributed by atoms with Crippen LogP contribution in [0.1, 0.15) is 19.4 Å². The smallest absolute Gasteiger partial charge is 0.154 e. The van der Waals surface area contributed by atoms with Crippen molar-refractivity contribution in [2.45, 2.75) is 19.6 Å². The molecule has 3 nitrogen and oxygen atoms in total. The number of sulfone groups is 1. The van der Waals surface area contributed by atoms with Gasteiger partial charge in [0.05, 0.1) is 11.5 Å². The normalized spacial score (nSPS) is 12.0. The van der Waals surface area contributed by atoms with Crippen LogP contribution in [0.5, 0.6) is 0 Å². The summed E-state index contributed by atoms with van der Waals surface area (Å²) in [5.41, 5.74) is 6.09. The predicted molar refractivity (Wildman–Crippen MR) is 63.1 cm³/mol. The minimum absolute atomic E-state index is 0.0657. The van der Waals surface area contributed by atoms with Crippen LogP contribution in [-0.2, 0) is 15.6 Å². The van der Waals surface area contributed by atoms with Gasteiger partial charge in [-0.3, -0.25) is 0 Å². The maximum atomic E-state index is 13.0. The Morgan fingerprint density at radius 1 is 1.31 bits per heavy atom. The third kappa shape index (κ3) is 4.18. The number of nitrogens with two attached hydrogens (primary N) is 1. The third-order valence-corrected chi connectivity index (χ3v) is 3.90. The second kappa shape index (κ2) is 4.82. The zero-order chi connectivity index (χ0) is 12.3. The van der Waals surface area contributed by atoms with Crippen molar-refractivity contribution in [2.24, 2.45) is 5.92 Å². The van der Waals surface area contributed by atoms with Crippen LogP contribution in [0.3, 0.4) is 0 Å². The summed E-state index contributed by atoms with van der Waals surface area (Å²) in [5, 5.41) is 0. The van der Waals surface area contributed by atoms with Gasteiger partial charge in [0.2, 0.25) is 0 Å². The summed E-state index contributed by atoms with van der Waals surface area (Å²) in [7, 11) is -3.19. The van der Waals surface area contributed by atoms with Crippen LogP contribution in [0, 0.1) is 11.7 Å². The summed E-state index contributed by atoms with van der Waals surface area (Å²) in [6.07, 6.45) is 0. The van der Waals surface area contributed by atoms with Crippen molar-refractivity contribution in [1.29, 1.82) is 0 Å². The summed E-state index contributed by atoms with van der Waals surface area (Å²) in [4.78, 5) is 0. The van der Waals surface area contributed by atoms with Gasteiger partial charge in [-0.2, -0.15) is 0 Å².